The lowest BCUT2D eigenvalue weighted by Crippen LogP contribution is -2.49. The number of sulfonamides is 1. The van der Waals surface area contributed by atoms with E-state index in [0.717, 1.165) is 31.2 Å². The van der Waals surface area contributed by atoms with Gasteiger partial charge in [-0.05, 0) is 44.1 Å². The van der Waals surface area contributed by atoms with E-state index in [4.69, 9.17) is 4.74 Å². The minimum atomic E-state index is -3.63. The number of rotatable bonds is 5. The van der Waals surface area contributed by atoms with E-state index in [1.807, 2.05) is 37.3 Å². The highest BCUT2D eigenvalue weighted by molar-refractivity contribution is 7.90. The van der Waals surface area contributed by atoms with Crippen molar-refractivity contribution in [2.45, 2.75) is 57.8 Å². The molecule has 0 spiro atoms. The number of benzene rings is 1. The number of carbonyl (C=O) groups excluding carboxylic acids is 1. The summed E-state index contributed by atoms with van der Waals surface area (Å²) in [6.45, 7) is 4.89. The molecule has 27 heavy (non-hydrogen) atoms. The molecule has 0 radical (unpaired) electrons. The van der Waals surface area contributed by atoms with E-state index in [1.54, 1.807) is 4.90 Å². The average Bonchev–Trinajstić information content (AvgIpc) is 2.63. The van der Waals surface area contributed by atoms with Gasteiger partial charge in [-0.2, -0.15) is 0 Å². The van der Waals surface area contributed by atoms with Gasteiger partial charge in [0.15, 0.2) is 0 Å². The van der Waals surface area contributed by atoms with Crippen molar-refractivity contribution >= 4 is 15.9 Å². The summed E-state index contributed by atoms with van der Waals surface area (Å²) in [5.74, 6) is -0.201. The van der Waals surface area contributed by atoms with Crippen molar-refractivity contribution in [1.82, 2.24) is 9.62 Å². The lowest BCUT2D eigenvalue weighted by atomic mass is 9.88. The first kappa shape index (κ1) is 20.3. The summed E-state index contributed by atoms with van der Waals surface area (Å²) < 4.78 is 33.6. The average molecular weight is 395 g/mol. The van der Waals surface area contributed by atoms with Crippen LogP contribution in [0.5, 0.6) is 0 Å². The molecule has 6 nitrogen and oxygen atoms in total. The third-order valence-electron chi connectivity index (χ3n) is 5.46. The minimum Gasteiger partial charge on any atom is -0.367 e. The van der Waals surface area contributed by atoms with Crippen LogP contribution in [-0.4, -0.2) is 50.2 Å². The van der Waals surface area contributed by atoms with Gasteiger partial charge >= 0.3 is 0 Å². The minimum absolute atomic E-state index is 0.0420. The molecule has 1 saturated heterocycles. The predicted octanol–water partition coefficient (Wildman–Crippen LogP) is 2.47. The van der Waals surface area contributed by atoms with Gasteiger partial charge in [-0.15, -0.1) is 0 Å². The molecule has 7 heteroatoms. The summed E-state index contributed by atoms with van der Waals surface area (Å²) in [5.41, 5.74) is 0.999. The van der Waals surface area contributed by atoms with Crippen LogP contribution < -0.4 is 4.72 Å². The zero-order valence-electron chi connectivity index (χ0n) is 16.1. The van der Waals surface area contributed by atoms with Crippen LogP contribution >= 0.6 is 0 Å². The van der Waals surface area contributed by atoms with Crippen LogP contribution in [0.25, 0.3) is 0 Å². The highest BCUT2D eigenvalue weighted by atomic mass is 32.2. The molecule has 1 saturated carbocycles. The van der Waals surface area contributed by atoms with Crippen LogP contribution in [0.2, 0.25) is 0 Å². The lowest BCUT2D eigenvalue weighted by molar-refractivity contribution is -0.142. The Labute approximate surface area is 162 Å². The molecule has 150 valence electrons. The molecule has 1 N–H and O–H groups in total. The number of nitrogens with zero attached hydrogens (tertiary/aromatic N) is 1. The number of morpholine rings is 1. The number of hydrogen-bond acceptors (Lipinski definition) is 4. The molecule has 3 rings (SSSR count). The number of ether oxygens (including phenoxy) is 1. The number of amides is 1. The van der Waals surface area contributed by atoms with Crippen molar-refractivity contribution < 1.29 is 17.9 Å². The molecular weight excluding hydrogens is 364 g/mol. The van der Waals surface area contributed by atoms with Gasteiger partial charge in [-0.1, -0.05) is 37.3 Å². The summed E-state index contributed by atoms with van der Waals surface area (Å²) in [5, 5.41) is 0. The van der Waals surface area contributed by atoms with Crippen LogP contribution in [0, 0.1) is 5.92 Å². The SMILES string of the molecule is CC1CCC(NS(=O)(=O)CC(=O)N2CC(C)OC(c3ccccc3)C2)CC1. The van der Waals surface area contributed by atoms with E-state index < -0.39 is 15.8 Å². The van der Waals surface area contributed by atoms with E-state index >= 15 is 0 Å². The van der Waals surface area contributed by atoms with Gasteiger partial charge in [0.25, 0.3) is 0 Å². The first-order chi connectivity index (χ1) is 12.8. The van der Waals surface area contributed by atoms with Gasteiger partial charge in [-0.25, -0.2) is 13.1 Å². The van der Waals surface area contributed by atoms with Gasteiger partial charge in [-0.3, -0.25) is 4.79 Å². The third kappa shape index (κ3) is 5.77. The molecular formula is C20H30N2O4S. The topological polar surface area (TPSA) is 75.7 Å². The van der Waals surface area contributed by atoms with Gasteiger partial charge in [0.1, 0.15) is 11.9 Å². The Bertz CT molecular complexity index is 730. The van der Waals surface area contributed by atoms with Crippen molar-refractivity contribution in [3.8, 4) is 0 Å². The van der Waals surface area contributed by atoms with Crippen LogP contribution in [0.4, 0.5) is 0 Å². The summed E-state index contributed by atoms with van der Waals surface area (Å²) in [7, 11) is -3.63. The van der Waals surface area contributed by atoms with E-state index in [2.05, 4.69) is 11.6 Å². The molecule has 1 heterocycles. The fourth-order valence-electron chi connectivity index (χ4n) is 3.93. The normalized spacial score (nSPS) is 29.5. The van der Waals surface area contributed by atoms with Gasteiger partial charge in [0.05, 0.1) is 12.6 Å². The van der Waals surface area contributed by atoms with Crippen LogP contribution in [0.15, 0.2) is 30.3 Å². The number of carbonyl (C=O) groups is 1. The Hall–Kier alpha value is -1.44. The summed E-state index contributed by atoms with van der Waals surface area (Å²) in [6, 6.07) is 9.69. The Morgan fingerprint density at radius 2 is 1.78 bits per heavy atom. The van der Waals surface area contributed by atoms with Crippen LogP contribution in [0.3, 0.4) is 0 Å². The van der Waals surface area contributed by atoms with E-state index in [-0.39, 0.29) is 24.2 Å². The molecule has 1 aliphatic heterocycles. The molecule has 1 aliphatic carbocycles. The van der Waals surface area contributed by atoms with Crippen LogP contribution in [-0.2, 0) is 19.6 Å². The van der Waals surface area contributed by atoms with Crippen LogP contribution in [0.1, 0.15) is 51.2 Å². The fourth-order valence-corrected chi connectivity index (χ4v) is 5.27. The van der Waals surface area contributed by atoms with Crippen molar-refractivity contribution in [2.24, 2.45) is 5.92 Å². The first-order valence-electron chi connectivity index (χ1n) is 9.80. The van der Waals surface area contributed by atoms with Gasteiger partial charge in [0, 0.05) is 12.6 Å². The maximum atomic E-state index is 12.7. The molecule has 0 aromatic heterocycles. The second kappa shape index (κ2) is 8.71. The maximum Gasteiger partial charge on any atom is 0.239 e. The summed E-state index contributed by atoms with van der Waals surface area (Å²) in [6.07, 6.45) is 3.39. The molecule has 1 amide bonds. The van der Waals surface area contributed by atoms with Gasteiger partial charge < -0.3 is 9.64 Å². The Morgan fingerprint density at radius 3 is 2.44 bits per heavy atom. The smallest absolute Gasteiger partial charge is 0.239 e. The first-order valence-corrected chi connectivity index (χ1v) is 11.5. The van der Waals surface area contributed by atoms with E-state index in [9.17, 15) is 13.2 Å². The number of nitrogens with one attached hydrogen (secondary N) is 1. The molecule has 1 aromatic rings. The third-order valence-corrected chi connectivity index (χ3v) is 6.78. The van der Waals surface area contributed by atoms with E-state index in [1.165, 1.54) is 0 Å². The largest absolute Gasteiger partial charge is 0.367 e. The quantitative estimate of drug-likeness (QED) is 0.832. The van der Waals surface area contributed by atoms with Crippen molar-refractivity contribution in [2.75, 3.05) is 18.8 Å². The summed E-state index contributed by atoms with van der Waals surface area (Å²) >= 11 is 0. The molecule has 1 aromatic carbocycles. The fraction of sp³-hybridized carbons (Fsp3) is 0.650. The lowest BCUT2D eigenvalue weighted by Gasteiger charge is -2.37. The highest BCUT2D eigenvalue weighted by Crippen LogP contribution is 2.26. The summed E-state index contributed by atoms with van der Waals surface area (Å²) in [4.78, 5) is 14.3. The molecule has 2 aliphatic rings. The van der Waals surface area contributed by atoms with Crippen molar-refractivity contribution in [3.05, 3.63) is 35.9 Å². The highest BCUT2D eigenvalue weighted by Gasteiger charge is 2.32. The maximum absolute atomic E-state index is 12.7. The zero-order valence-corrected chi connectivity index (χ0v) is 17.0. The van der Waals surface area contributed by atoms with Crippen molar-refractivity contribution in [1.29, 1.82) is 0 Å². The molecule has 2 fully saturated rings. The Kier molecular flexibility index (Phi) is 6.55. The van der Waals surface area contributed by atoms with E-state index in [0.29, 0.717) is 19.0 Å². The standard InChI is InChI=1S/C20H30N2O4S/c1-15-8-10-18(11-9-15)21-27(24,25)14-20(23)22-12-16(2)26-19(13-22)17-6-4-3-5-7-17/h3-7,15-16,18-19,21H,8-14H2,1-2H3. The monoisotopic (exact) mass is 394 g/mol. The second-order valence-corrected chi connectivity index (χ2v) is 9.73. The molecule has 2 atom stereocenters. The predicted molar refractivity (Wildman–Crippen MR) is 105 cm³/mol. The second-order valence-electron chi connectivity index (χ2n) is 7.98. The van der Waals surface area contributed by atoms with Gasteiger partial charge in [0.2, 0.25) is 15.9 Å². The zero-order chi connectivity index (χ0) is 19.4. The number of hydrogen-bond donors (Lipinski definition) is 1. The van der Waals surface area contributed by atoms with Crippen molar-refractivity contribution in [3.63, 3.8) is 0 Å². The molecule has 0 bridgehead atoms. The Morgan fingerprint density at radius 1 is 1.11 bits per heavy atom. The Balaban J connectivity index is 1.59. The molecule has 2 unspecified atom stereocenters.